The van der Waals surface area contributed by atoms with E-state index < -0.39 is 0 Å². The fourth-order valence-electron chi connectivity index (χ4n) is 4.09. The summed E-state index contributed by atoms with van der Waals surface area (Å²) in [7, 11) is 1.83. The predicted molar refractivity (Wildman–Crippen MR) is 124 cm³/mol. The Morgan fingerprint density at radius 3 is 2.42 bits per heavy atom. The zero-order valence-corrected chi connectivity index (χ0v) is 18.4. The van der Waals surface area contributed by atoms with E-state index in [9.17, 15) is 9.59 Å². The third-order valence-corrected chi connectivity index (χ3v) is 5.97. The summed E-state index contributed by atoms with van der Waals surface area (Å²) in [6, 6.07) is 15.6. The maximum Gasteiger partial charge on any atom is 0.336 e. The molecule has 0 unspecified atom stereocenters. The zero-order chi connectivity index (χ0) is 22.0. The smallest absolute Gasteiger partial charge is 0.336 e. The number of hydrogen-bond donors (Lipinski definition) is 0. The Labute approximate surface area is 182 Å². The van der Waals surface area contributed by atoms with E-state index in [-0.39, 0.29) is 11.5 Å². The SMILES string of the molecule is Cc1cccc(N(C)C(=O)CN2CCN(Cc3cc(=O)oc4cc(C)ccc34)CC2)c1. The van der Waals surface area contributed by atoms with Crippen LogP contribution in [-0.4, -0.2) is 55.5 Å². The summed E-state index contributed by atoms with van der Waals surface area (Å²) in [6.45, 7) is 8.50. The molecule has 0 spiro atoms. The Morgan fingerprint density at radius 1 is 0.968 bits per heavy atom. The van der Waals surface area contributed by atoms with E-state index in [2.05, 4.69) is 9.80 Å². The summed E-state index contributed by atoms with van der Waals surface area (Å²) in [5, 5.41) is 0.989. The first-order valence-electron chi connectivity index (χ1n) is 10.7. The number of carbonyl (C=O) groups is 1. The van der Waals surface area contributed by atoms with E-state index in [1.54, 1.807) is 11.0 Å². The molecule has 6 nitrogen and oxygen atoms in total. The molecule has 4 rings (SSSR count). The second kappa shape index (κ2) is 9.04. The largest absolute Gasteiger partial charge is 0.423 e. The van der Waals surface area contributed by atoms with Crippen LogP contribution in [0.1, 0.15) is 16.7 Å². The molecule has 162 valence electrons. The molecule has 2 aromatic carbocycles. The van der Waals surface area contributed by atoms with Crippen molar-refractivity contribution in [3.05, 3.63) is 75.6 Å². The normalized spacial score (nSPS) is 15.3. The van der Waals surface area contributed by atoms with Crippen LogP contribution in [0.4, 0.5) is 5.69 Å². The van der Waals surface area contributed by atoms with Gasteiger partial charge in [-0.25, -0.2) is 4.79 Å². The van der Waals surface area contributed by atoms with Gasteiger partial charge in [0.15, 0.2) is 0 Å². The van der Waals surface area contributed by atoms with Crippen LogP contribution >= 0.6 is 0 Å². The minimum absolute atomic E-state index is 0.0982. The Morgan fingerprint density at radius 2 is 1.68 bits per heavy atom. The minimum atomic E-state index is -0.309. The van der Waals surface area contributed by atoms with E-state index in [1.165, 1.54) is 0 Å². The van der Waals surface area contributed by atoms with Gasteiger partial charge in [0, 0.05) is 56.9 Å². The number of benzene rings is 2. The zero-order valence-electron chi connectivity index (χ0n) is 18.4. The summed E-state index contributed by atoms with van der Waals surface area (Å²) in [5.74, 6) is 0.0982. The highest BCUT2D eigenvalue weighted by molar-refractivity contribution is 5.94. The van der Waals surface area contributed by atoms with Gasteiger partial charge in [-0.2, -0.15) is 0 Å². The molecular formula is C25H29N3O3. The number of carbonyl (C=O) groups excluding carboxylic acids is 1. The van der Waals surface area contributed by atoms with Gasteiger partial charge in [0.1, 0.15) is 5.58 Å². The first-order valence-corrected chi connectivity index (χ1v) is 10.7. The number of aryl methyl sites for hydroxylation is 2. The van der Waals surface area contributed by atoms with Gasteiger partial charge in [0.05, 0.1) is 6.54 Å². The molecule has 1 amide bonds. The first-order chi connectivity index (χ1) is 14.9. The third-order valence-electron chi connectivity index (χ3n) is 5.97. The summed E-state index contributed by atoms with van der Waals surface area (Å²) < 4.78 is 5.37. The lowest BCUT2D eigenvalue weighted by Gasteiger charge is -2.35. The number of anilines is 1. The van der Waals surface area contributed by atoms with Crippen LogP contribution in [0.15, 0.2) is 57.7 Å². The first kappa shape index (κ1) is 21.3. The van der Waals surface area contributed by atoms with Crippen molar-refractivity contribution in [2.24, 2.45) is 0 Å². The van der Waals surface area contributed by atoms with Crippen molar-refractivity contribution in [2.45, 2.75) is 20.4 Å². The van der Waals surface area contributed by atoms with E-state index in [4.69, 9.17) is 4.42 Å². The highest BCUT2D eigenvalue weighted by atomic mass is 16.4. The summed E-state index contributed by atoms with van der Waals surface area (Å²) >= 11 is 0. The highest BCUT2D eigenvalue weighted by Crippen LogP contribution is 2.21. The second-order valence-electron chi connectivity index (χ2n) is 8.43. The van der Waals surface area contributed by atoms with Crippen molar-refractivity contribution >= 4 is 22.6 Å². The molecule has 0 N–H and O–H groups in total. The minimum Gasteiger partial charge on any atom is -0.423 e. The van der Waals surface area contributed by atoms with Crippen LogP contribution in [-0.2, 0) is 11.3 Å². The van der Waals surface area contributed by atoms with Gasteiger partial charge in [-0.05, 0) is 48.7 Å². The van der Waals surface area contributed by atoms with Gasteiger partial charge in [0.2, 0.25) is 5.91 Å². The molecule has 31 heavy (non-hydrogen) atoms. The number of likely N-dealkylation sites (N-methyl/N-ethyl adjacent to an activating group) is 1. The molecule has 3 aromatic rings. The van der Waals surface area contributed by atoms with Gasteiger partial charge in [-0.1, -0.05) is 24.3 Å². The van der Waals surface area contributed by atoms with Gasteiger partial charge < -0.3 is 9.32 Å². The Kier molecular flexibility index (Phi) is 6.20. The molecule has 1 saturated heterocycles. The van der Waals surface area contributed by atoms with E-state index in [0.717, 1.165) is 53.9 Å². The van der Waals surface area contributed by atoms with E-state index in [1.807, 2.05) is 63.4 Å². The van der Waals surface area contributed by atoms with Crippen molar-refractivity contribution in [1.29, 1.82) is 0 Å². The van der Waals surface area contributed by atoms with Crippen LogP contribution in [0, 0.1) is 13.8 Å². The summed E-state index contributed by atoms with van der Waals surface area (Å²) in [4.78, 5) is 31.0. The van der Waals surface area contributed by atoms with Crippen LogP contribution < -0.4 is 10.5 Å². The molecule has 6 heteroatoms. The maximum absolute atomic E-state index is 12.7. The lowest BCUT2D eigenvalue weighted by Crippen LogP contribution is -2.49. The quantitative estimate of drug-likeness (QED) is 0.595. The molecule has 1 aliphatic rings. The maximum atomic E-state index is 12.7. The van der Waals surface area contributed by atoms with Gasteiger partial charge in [0.25, 0.3) is 0 Å². The number of nitrogens with zero attached hydrogens (tertiary/aromatic N) is 3. The third kappa shape index (κ3) is 5.03. The lowest BCUT2D eigenvalue weighted by molar-refractivity contribution is -0.119. The van der Waals surface area contributed by atoms with Gasteiger partial charge in [-0.15, -0.1) is 0 Å². The molecule has 0 bridgehead atoms. The van der Waals surface area contributed by atoms with Crippen molar-refractivity contribution in [1.82, 2.24) is 9.80 Å². The molecule has 0 aliphatic carbocycles. The number of fused-ring (bicyclic) bond motifs is 1. The number of rotatable bonds is 5. The van der Waals surface area contributed by atoms with Gasteiger partial charge >= 0.3 is 5.63 Å². The topological polar surface area (TPSA) is 57.0 Å². The summed E-state index contributed by atoms with van der Waals surface area (Å²) in [6.07, 6.45) is 0. The fourth-order valence-corrected chi connectivity index (χ4v) is 4.09. The van der Waals surface area contributed by atoms with Crippen molar-refractivity contribution in [2.75, 3.05) is 44.7 Å². The molecular weight excluding hydrogens is 390 g/mol. The van der Waals surface area contributed by atoms with Crippen molar-refractivity contribution in [3.8, 4) is 0 Å². The highest BCUT2D eigenvalue weighted by Gasteiger charge is 2.22. The van der Waals surface area contributed by atoms with Crippen LogP contribution in [0.3, 0.4) is 0 Å². The predicted octanol–water partition coefficient (Wildman–Crippen LogP) is 3.19. The Balaban J connectivity index is 1.36. The molecule has 0 saturated carbocycles. The van der Waals surface area contributed by atoms with Crippen molar-refractivity contribution < 1.29 is 9.21 Å². The van der Waals surface area contributed by atoms with Crippen LogP contribution in [0.5, 0.6) is 0 Å². The fraction of sp³-hybridized carbons (Fsp3) is 0.360. The van der Waals surface area contributed by atoms with E-state index >= 15 is 0 Å². The average molecular weight is 420 g/mol. The average Bonchev–Trinajstić information content (AvgIpc) is 2.74. The lowest BCUT2D eigenvalue weighted by atomic mass is 10.1. The summed E-state index contributed by atoms with van der Waals surface area (Å²) in [5.41, 5.74) is 4.47. The molecule has 2 heterocycles. The number of piperazine rings is 1. The number of amides is 1. The molecule has 1 aliphatic heterocycles. The second-order valence-corrected chi connectivity index (χ2v) is 8.43. The van der Waals surface area contributed by atoms with Crippen molar-refractivity contribution in [3.63, 3.8) is 0 Å². The van der Waals surface area contributed by atoms with E-state index in [0.29, 0.717) is 18.7 Å². The monoisotopic (exact) mass is 419 g/mol. The van der Waals surface area contributed by atoms with Crippen LogP contribution in [0.2, 0.25) is 0 Å². The molecule has 0 radical (unpaired) electrons. The molecule has 1 aromatic heterocycles. The standard InChI is InChI=1S/C25H29N3O3/c1-18-5-4-6-21(13-18)26(3)24(29)17-28-11-9-27(10-12-28)16-20-15-25(30)31-23-14-19(2)7-8-22(20)23/h4-8,13-15H,9-12,16-17H2,1-3H3. The Hall–Kier alpha value is -2.96. The molecule has 1 fully saturated rings. The van der Waals surface area contributed by atoms with Gasteiger partial charge in [-0.3, -0.25) is 14.6 Å². The molecule has 0 atom stereocenters. The van der Waals surface area contributed by atoms with Crippen LogP contribution in [0.25, 0.3) is 11.0 Å². The Bertz CT molecular complexity index is 1150. The number of hydrogen-bond acceptors (Lipinski definition) is 5.